The van der Waals surface area contributed by atoms with Gasteiger partial charge in [-0.1, -0.05) is 25.1 Å². The second-order valence-corrected chi connectivity index (χ2v) is 10.2. The Morgan fingerprint density at radius 1 is 1.17 bits per heavy atom. The zero-order chi connectivity index (χ0) is 20.9. The number of rotatable bonds is 9. The fourth-order valence-corrected chi connectivity index (χ4v) is 5.43. The summed E-state index contributed by atoms with van der Waals surface area (Å²) in [5.74, 6) is 0.982. The van der Waals surface area contributed by atoms with E-state index in [2.05, 4.69) is 6.07 Å². The fraction of sp³-hybridized carbons (Fsp3) is 0.478. The number of benzene rings is 2. The van der Waals surface area contributed by atoms with E-state index in [1.165, 1.54) is 11.6 Å². The van der Waals surface area contributed by atoms with Crippen molar-refractivity contribution in [1.29, 1.82) is 0 Å². The number of nitrogens with two attached hydrogens (primary N) is 1. The molecule has 1 aliphatic carbocycles. The van der Waals surface area contributed by atoms with Gasteiger partial charge >= 0.3 is 0 Å². The Morgan fingerprint density at radius 2 is 1.97 bits per heavy atom. The molecular weight excluding hydrogens is 425 g/mol. The molecular formula is C23H31ClFNO3S. The number of aryl methyl sites for hydroxylation is 1. The largest absolute Gasteiger partial charge is 0.494 e. The highest BCUT2D eigenvalue weighted by Crippen LogP contribution is 2.36. The van der Waals surface area contributed by atoms with Crippen molar-refractivity contribution in [1.82, 2.24) is 0 Å². The van der Waals surface area contributed by atoms with Crippen molar-refractivity contribution >= 4 is 22.2 Å². The highest BCUT2D eigenvalue weighted by molar-refractivity contribution is 7.91. The van der Waals surface area contributed by atoms with Crippen molar-refractivity contribution in [3.05, 3.63) is 65.0 Å². The van der Waals surface area contributed by atoms with E-state index < -0.39 is 9.84 Å². The van der Waals surface area contributed by atoms with Gasteiger partial charge in [-0.05, 0) is 73.1 Å². The standard InChI is InChI=1S/C23H30FNO3S.ClH/c1-2-12-29(26,27)13-4-11-28-20-9-7-18-8-10-23(25)22(21(18)16-20)15-17-5-3-6-19(24)14-17;/h3,5-7,9,14,16,22-23H,2,4,8,10-13,15,25H2,1H3;1H. The first-order chi connectivity index (χ1) is 13.9. The molecule has 0 aliphatic heterocycles. The molecule has 0 aromatic heterocycles. The average molecular weight is 456 g/mol. The number of ether oxygens (including phenoxy) is 1. The van der Waals surface area contributed by atoms with Crippen molar-refractivity contribution < 1.29 is 17.5 Å². The van der Waals surface area contributed by atoms with Gasteiger partial charge in [-0.25, -0.2) is 12.8 Å². The lowest BCUT2D eigenvalue weighted by molar-refractivity contribution is 0.316. The maximum absolute atomic E-state index is 13.6. The minimum Gasteiger partial charge on any atom is -0.494 e. The zero-order valence-electron chi connectivity index (χ0n) is 17.3. The van der Waals surface area contributed by atoms with Crippen molar-refractivity contribution in [2.24, 2.45) is 5.73 Å². The van der Waals surface area contributed by atoms with E-state index >= 15 is 0 Å². The summed E-state index contributed by atoms with van der Waals surface area (Å²) in [4.78, 5) is 0. The van der Waals surface area contributed by atoms with Crippen LogP contribution in [0.4, 0.5) is 4.39 Å². The van der Waals surface area contributed by atoms with Crippen LogP contribution in [0.15, 0.2) is 42.5 Å². The van der Waals surface area contributed by atoms with Gasteiger partial charge in [0.05, 0.1) is 12.4 Å². The summed E-state index contributed by atoms with van der Waals surface area (Å²) in [6.45, 7) is 2.23. The Bertz CT molecular complexity index is 936. The van der Waals surface area contributed by atoms with Crippen LogP contribution in [0.1, 0.15) is 48.8 Å². The summed E-state index contributed by atoms with van der Waals surface area (Å²) >= 11 is 0. The topological polar surface area (TPSA) is 69.4 Å². The number of sulfone groups is 1. The van der Waals surface area contributed by atoms with E-state index in [0.717, 1.165) is 29.7 Å². The van der Waals surface area contributed by atoms with Crippen LogP contribution >= 0.6 is 12.4 Å². The van der Waals surface area contributed by atoms with E-state index in [1.54, 1.807) is 12.1 Å². The molecule has 2 atom stereocenters. The molecule has 1 aliphatic rings. The number of hydrogen-bond donors (Lipinski definition) is 1. The number of hydrogen-bond acceptors (Lipinski definition) is 4. The van der Waals surface area contributed by atoms with Gasteiger partial charge in [0.1, 0.15) is 21.4 Å². The molecule has 0 radical (unpaired) electrons. The summed E-state index contributed by atoms with van der Waals surface area (Å²) in [5, 5.41) is 0. The van der Waals surface area contributed by atoms with Crippen LogP contribution in [0.2, 0.25) is 0 Å². The molecule has 2 aromatic carbocycles. The third-order valence-corrected chi connectivity index (χ3v) is 7.45. The summed E-state index contributed by atoms with van der Waals surface area (Å²) in [5.41, 5.74) is 9.77. The molecule has 0 amide bonds. The molecule has 0 spiro atoms. The van der Waals surface area contributed by atoms with Gasteiger partial charge in [-0.15, -0.1) is 12.4 Å². The van der Waals surface area contributed by atoms with Gasteiger partial charge in [-0.2, -0.15) is 0 Å². The smallest absolute Gasteiger partial charge is 0.150 e. The Labute approximate surface area is 185 Å². The lowest BCUT2D eigenvalue weighted by Gasteiger charge is -2.32. The molecule has 2 unspecified atom stereocenters. The molecule has 4 nitrogen and oxygen atoms in total. The van der Waals surface area contributed by atoms with Crippen LogP contribution in [-0.4, -0.2) is 32.6 Å². The lowest BCUT2D eigenvalue weighted by Crippen LogP contribution is -2.34. The van der Waals surface area contributed by atoms with Crippen molar-refractivity contribution in [3.8, 4) is 5.75 Å². The Balaban J connectivity index is 0.00000320. The highest BCUT2D eigenvalue weighted by Gasteiger charge is 2.27. The molecule has 2 aromatic rings. The van der Waals surface area contributed by atoms with Crippen LogP contribution in [-0.2, 0) is 22.7 Å². The molecule has 0 fully saturated rings. The minimum absolute atomic E-state index is 0. The lowest BCUT2D eigenvalue weighted by atomic mass is 9.76. The van der Waals surface area contributed by atoms with Crippen molar-refractivity contribution in [2.75, 3.05) is 18.1 Å². The summed E-state index contributed by atoms with van der Waals surface area (Å²) in [6, 6.07) is 12.7. The normalized spacial score (nSPS) is 18.4. The predicted octanol–water partition coefficient (Wildman–Crippen LogP) is 4.44. The van der Waals surface area contributed by atoms with Gasteiger partial charge < -0.3 is 10.5 Å². The second kappa shape index (κ2) is 11.1. The van der Waals surface area contributed by atoms with E-state index in [-0.39, 0.29) is 41.7 Å². The first kappa shape index (κ1) is 24.6. The monoisotopic (exact) mass is 455 g/mol. The molecule has 0 saturated heterocycles. The maximum Gasteiger partial charge on any atom is 0.150 e. The summed E-state index contributed by atoms with van der Waals surface area (Å²) < 4.78 is 43.1. The summed E-state index contributed by atoms with van der Waals surface area (Å²) in [6.07, 6.45) is 3.63. The third-order valence-electron chi connectivity index (χ3n) is 5.51. The van der Waals surface area contributed by atoms with Gasteiger partial charge in [0, 0.05) is 17.7 Å². The zero-order valence-corrected chi connectivity index (χ0v) is 19.0. The highest BCUT2D eigenvalue weighted by atomic mass is 35.5. The van der Waals surface area contributed by atoms with Crippen molar-refractivity contribution in [2.45, 2.75) is 51.0 Å². The first-order valence-corrected chi connectivity index (χ1v) is 12.2. The van der Waals surface area contributed by atoms with Gasteiger partial charge in [0.15, 0.2) is 0 Å². The van der Waals surface area contributed by atoms with Crippen LogP contribution in [0.3, 0.4) is 0 Å². The quantitative estimate of drug-likeness (QED) is 0.567. The van der Waals surface area contributed by atoms with Crippen LogP contribution in [0, 0.1) is 5.82 Å². The van der Waals surface area contributed by atoms with E-state index in [4.69, 9.17) is 10.5 Å². The van der Waals surface area contributed by atoms with E-state index in [9.17, 15) is 12.8 Å². The van der Waals surface area contributed by atoms with Crippen molar-refractivity contribution in [3.63, 3.8) is 0 Å². The Kier molecular flexibility index (Phi) is 9.13. The molecule has 2 N–H and O–H groups in total. The Hall–Kier alpha value is -1.63. The second-order valence-electron chi connectivity index (χ2n) is 7.86. The molecule has 7 heteroatoms. The first-order valence-electron chi connectivity index (χ1n) is 10.3. The maximum atomic E-state index is 13.6. The number of fused-ring (bicyclic) bond motifs is 1. The van der Waals surface area contributed by atoms with Gasteiger partial charge in [0.2, 0.25) is 0 Å². The van der Waals surface area contributed by atoms with Gasteiger partial charge in [0.25, 0.3) is 0 Å². The number of halogens is 2. The molecule has 0 heterocycles. The summed E-state index contributed by atoms with van der Waals surface area (Å²) in [7, 11) is -2.98. The Morgan fingerprint density at radius 3 is 2.70 bits per heavy atom. The molecule has 0 saturated carbocycles. The fourth-order valence-electron chi connectivity index (χ4n) is 4.05. The third kappa shape index (κ3) is 6.69. The minimum atomic E-state index is -2.98. The van der Waals surface area contributed by atoms with Crippen LogP contribution in [0.5, 0.6) is 5.75 Å². The van der Waals surface area contributed by atoms with E-state index in [1.807, 2.05) is 25.1 Å². The van der Waals surface area contributed by atoms with E-state index in [0.29, 0.717) is 25.9 Å². The average Bonchev–Trinajstić information content (AvgIpc) is 2.67. The molecule has 3 rings (SSSR count). The molecule has 166 valence electrons. The molecule has 0 bridgehead atoms. The van der Waals surface area contributed by atoms with Crippen LogP contribution in [0.25, 0.3) is 0 Å². The van der Waals surface area contributed by atoms with Gasteiger partial charge in [-0.3, -0.25) is 0 Å². The SMILES string of the molecule is CCCS(=O)(=O)CCCOc1ccc2c(c1)C(Cc1cccc(F)c1)C(N)CC2.Cl. The predicted molar refractivity (Wildman–Crippen MR) is 122 cm³/mol. The molecule has 30 heavy (non-hydrogen) atoms. The van der Waals surface area contributed by atoms with Crippen LogP contribution < -0.4 is 10.5 Å².